The average Bonchev–Trinajstić information content (AvgIpc) is 3.49. The minimum absolute atomic E-state index is 0.301. The van der Waals surface area contributed by atoms with Crippen LogP contribution in [0.5, 0.6) is 11.5 Å². The monoisotopic (exact) mass is 642 g/mol. The van der Waals surface area contributed by atoms with Crippen molar-refractivity contribution in [2.24, 2.45) is 0 Å². The quantitative estimate of drug-likeness (QED) is 0.229. The molecule has 0 saturated heterocycles. The zero-order valence-corrected chi connectivity index (χ0v) is 24.1. The summed E-state index contributed by atoms with van der Waals surface area (Å²) < 4.78 is 21.1. The molecule has 0 fully saturated rings. The fourth-order valence-corrected chi connectivity index (χ4v) is 5.13. The third-order valence-corrected chi connectivity index (χ3v) is 7.38. The Labute approximate surface area is 234 Å². The number of ether oxygens (including phenoxy) is 4. The fourth-order valence-electron chi connectivity index (χ4n) is 3.01. The van der Waals surface area contributed by atoms with Crippen molar-refractivity contribution < 1.29 is 38.1 Å². The second kappa shape index (κ2) is 12.3. The molecule has 4 heterocycles. The van der Waals surface area contributed by atoms with Gasteiger partial charge < -0.3 is 18.9 Å². The number of carbonyl (C=O) groups is 4. The van der Waals surface area contributed by atoms with Crippen molar-refractivity contribution in [3.05, 3.63) is 54.2 Å². The van der Waals surface area contributed by atoms with Gasteiger partial charge >= 0.3 is 35.0 Å². The van der Waals surface area contributed by atoms with Crippen molar-refractivity contribution in [1.29, 1.82) is 0 Å². The van der Waals surface area contributed by atoms with Gasteiger partial charge in [0.05, 0.1) is 14.2 Å². The number of fused-ring (bicyclic) bond motifs is 2. The number of hydrogen-bond donors (Lipinski definition) is 0. The summed E-state index contributed by atoms with van der Waals surface area (Å²) in [5, 5.41) is 0.539. The molecule has 0 bridgehead atoms. The summed E-state index contributed by atoms with van der Waals surface area (Å²) in [6.45, 7) is 4.06. The van der Waals surface area contributed by atoms with Gasteiger partial charge in [-0.25, -0.2) is 19.6 Å². The Bertz CT molecular complexity index is 1740. The van der Waals surface area contributed by atoms with Crippen molar-refractivity contribution in [3.8, 4) is 11.5 Å². The highest BCUT2D eigenvalue weighted by atomic mass is 79.9. The minimum atomic E-state index is -0.838. The molecule has 4 aromatic heterocycles. The maximum Gasteiger partial charge on any atom is 0.360 e. The number of alkyl halides is 1. The Hall–Kier alpha value is -3.96. The van der Waals surface area contributed by atoms with Crippen molar-refractivity contribution in [2.45, 2.75) is 26.1 Å². The van der Waals surface area contributed by atoms with Crippen LogP contribution in [0.2, 0.25) is 0 Å². The number of aryl methyl sites for hydroxylation is 1. The van der Waals surface area contributed by atoms with Crippen LogP contribution in [-0.4, -0.2) is 56.9 Å². The summed E-state index contributed by atoms with van der Waals surface area (Å²) in [7, 11) is 2.31. The summed E-state index contributed by atoms with van der Waals surface area (Å²) in [5.41, 5.74) is -1.86. The Kier molecular flexibility index (Phi) is 9.31. The van der Waals surface area contributed by atoms with E-state index >= 15 is 0 Å². The van der Waals surface area contributed by atoms with Crippen LogP contribution < -0.4 is 20.6 Å². The molecule has 206 valence electrons. The van der Waals surface area contributed by atoms with Crippen LogP contribution in [-0.2, 0) is 24.4 Å². The molecule has 17 heteroatoms. The Morgan fingerprint density at radius 1 is 0.821 bits per heavy atom. The van der Waals surface area contributed by atoms with Crippen LogP contribution >= 0.6 is 38.6 Å². The van der Waals surface area contributed by atoms with Gasteiger partial charge in [-0.15, -0.1) is 22.7 Å². The molecular formula is C22H19BrN4O10S2. The van der Waals surface area contributed by atoms with E-state index in [9.17, 15) is 28.8 Å². The number of thiazole rings is 2. The van der Waals surface area contributed by atoms with E-state index in [1.807, 2.05) is 0 Å². The maximum atomic E-state index is 12.3. The summed E-state index contributed by atoms with van der Waals surface area (Å²) in [4.78, 5) is 80.2. The molecule has 14 nitrogen and oxygen atoms in total. The maximum absolute atomic E-state index is 12.3. The number of methoxy groups -OCH3 is 2. The van der Waals surface area contributed by atoms with Crippen LogP contribution in [0.4, 0.5) is 0 Å². The third kappa shape index (κ3) is 6.37. The Balaban J connectivity index is 0.000000216. The molecule has 0 aromatic carbocycles. The van der Waals surface area contributed by atoms with E-state index in [-0.39, 0.29) is 11.4 Å². The smallest absolute Gasteiger partial charge is 0.360 e. The first kappa shape index (κ1) is 29.6. The molecule has 0 atom stereocenters. The number of rotatable bonds is 5. The first-order valence-corrected chi connectivity index (χ1v) is 13.3. The normalized spacial score (nSPS) is 10.5. The summed E-state index contributed by atoms with van der Waals surface area (Å²) in [6.07, 6.45) is 3.13. The molecule has 0 N–H and O–H groups in total. The highest BCUT2D eigenvalue weighted by molar-refractivity contribution is 9.08. The molecule has 0 spiro atoms. The number of carbonyl (C=O) groups excluding carboxylic acids is 4. The highest BCUT2D eigenvalue weighted by Gasteiger charge is 2.25. The van der Waals surface area contributed by atoms with Crippen molar-refractivity contribution in [2.75, 3.05) is 14.2 Å². The molecule has 0 aliphatic heterocycles. The average molecular weight is 643 g/mol. The van der Waals surface area contributed by atoms with Crippen molar-refractivity contribution >= 4 is 72.4 Å². The molecule has 0 aliphatic carbocycles. The van der Waals surface area contributed by atoms with Crippen LogP contribution in [0.15, 0.2) is 22.0 Å². The van der Waals surface area contributed by atoms with Gasteiger partial charge in [0.1, 0.15) is 0 Å². The van der Waals surface area contributed by atoms with Crippen LogP contribution in [0.1, 0.15) is 44.6 Å². The zero-order chi connectivity index (χ0) is 29.0. The first-order chi connectivity index (χ1) is 18.4. The second-order valence-electron chi connectivity index (χ2n) is 7.34. The number of nitrogens with zero attached hydrogens (tertiary/aromatic N) is 4. The molecule has 39 heavy (non-hydrogen) atoms. The van der Waals surface area contributed by atoms with E-state index in [1.54, 1.807) is 19.3 Å². The third-order valence-electron chi connectivity index (χ3n) is 4.52. The highest BCUT2D eigenvalue weighted by Crippen LogP contribution is 2.22. The van der Waals surface area contributed by atoms with E-state index in [0.717, 1.165) is 37.8 Å². The zero-order valence-electron chi connectivity index (χ0n) is 20.9. The molecule has 0 aliphatic rings. The van der Waals surface area contributed by atoms with Gasteiger partial charge in [-0.05, 0) is 6.92 Å². The number of esters is 4. The lowest BCUT2D eigenvalue weighted by atomic mass is 10.3. The topological polar surface area (TPSA) is 174 Å². The lowest BCUT2D eigenvalue weighted by Crippen LogP contribution is -2.23. The molecule has 0 radical (unpaired) electrons. The van der Waals surface area contributed by atoms with Gasteiger partial charge in [0.2, 0.25) is 11.5 Å². The van der Waals surface area contributed by atoms with E-state index < -0.39 is 46.5 Å². The largest absolute Gasteiger partial charge is 0.464 e. The van der Waals surface area contributed by atoms with Gasteiger partial charge in [-0.2, -0.15) is 0 Å². The van der Waals surface area contributed by atoms with Gasteiger partial charge in [0.15, 0.2) is 21.3 Å². The molecule has 4 rings (SSSR count). The van der Waals surface area contributed by atoms with Gasteiger partial charge in [-0.3, -0.25) is 28.0 Å². The predicted octanol–water partition coefficient (Wildman–Crippen LogP) is 2.14. The van der Waals surface area contributed by atoms with E-state index in [0.29, 0.717) is 15.3 Å². The molecule has 0 unspecified atom stereocenters. The Morgan fingerprint density at radius 3 is 1.67 bits per heavy atom. The van der Waals surface area contributed by atoms with Gasteiger partial charge in [0.25, 0.3) is 0 Å². The van der Waals surface area contributed by atoms with Gasteiger partial charge in [0, 0.05) is 41.3 Å². The van der Waals surface area contributed by atoms with Crippen molar-refractivity contribution in [3.63, 3.8) is 0 Å². The molecule has 0 amide bonds. The fraction of sp³-hybridized carbons (Fsp3) is 0.273. The lowest BCUT2D eigenvalue weighted by Gasteiger charge is -2.06. The van der Waals surface area contributed by atoms with Crippen LogP contribution in [0.25, 0.3) is 9.92 Å². The van der Waals surface area contributed by atoms with Crippen LogP contribution in [0, 0.1) is 6.92 Å². The van der Waals surface area contributed by atoms with E-state index in [2.05, 4.69) is 35.4 Å². The van der Waals surface area contributed by atoms with Crippen molar-refractivity contribution in [1.82, 2.24) is 18.8 Å². The number of halogens is 1. The Morgan fingerprint density at radius 2 is 1.26 bits per heavy atom. The van der Waals surface area contributed by atoms with E-state index in [4.69, 9.17) is 9.47 Å². The minimum Gasteiger partial charge on any atom is -0.464 e. The summed E-state index contributed by atoms with van der Waals surface area (Å²) >= 11 is 5.75. The predicted molar refractivity (Wildman–Crippen MR) is 141 cm³/mol. The van der Waals surface area contributed by atoms with Gasteiger partial charge in [-0.1, -0.05) is 15.9 Å². The van der Waals surface area contributed by atoms with Crippen LogP contribution in [0.3, 0.4) is 0 Å². The van der Waals surface area contributed by atoms with E-state index in [1.165, 1.54) is 31.5 Å². The summed E-state index contributed by atoms with van der Waals surface area (Å²) in [5.74, 6) is -3.95. The molecule has 4 aromatic rings. The second-order valence-corrected chi connectivity index (χ2v) is 10.2. The molecule has 0 saturated carbocycles. The molecular weight excluding hydrogens is 624 g/mol. The lowest BCUT2D eigenvalue weighted by molar-refractivity contribution is -0.133. The standard InChI is InChI=1S/C11H9BrN2O5S.C11H10N2O5S/c1-5(15)19-8-7(10(17)18-2)13-11-14(9(8)16)4-6(3-12)20-11;1-5-4-13-9(15)8(18-6(2)14)7(10(16)17-3)12-11(13)19-5/h4H,3H2,1-2H3;4H,1-3H3. The number of hydrogen-bond acceptors (Lipinski definition) is 14. The number of aromatic nitrogens is 4. The summed E-state index contributed by atoms with van der Waals surface area (Å²) in [6, 6.07) is 0. The SMILES string of the molecule is COC(=O)c1nc2sc(C)cn2c(=O)c1OC(C)=O.COC(=O)c1nc2sc(CBr)cn2c(=O)c1OC(C)=O. The first-order valence-electron chi connectivity index (χ1n) is 10.6.